The summed E-state index contributed by atoms with van der Waals surface area (Å²) in [7, 11) is 0. The maximum Gasteiger partial charge on any atom is 0.417 e. The van der Waals surface area contributed by atoms with Crippen LogP contribution in [-0.4, -0.2) is 21.4 Å². The number of carbonyl (C=O) groups is 1. The number of pyridine rings is 1. The summed E-state index contributed by atoms with van der Waals surface area (Å²) in [5, 5.41) is 8.96. The lowest BCUT2D eigenvalue weighted by molar-refractivity contribution is -0.137. The Morgan fingerprint density at radius 3 is 2.50 bits per heavy atom. The quantitative estimate of drug-likeness (QED) is 0.784. The molecule has 0 saturated carbocycles. The van der Waals surface area contributed by atoms with Gasteiger partial charge in [-0.05, 0) is 42.8 Å². The van der Waals surface area contributed by atoms with E-state index in [2.05, 4.69) is 4.98 Å². The van der Waals surface area contributed by atoms with Gasteiger partial charge in [-0.1, -0.05) is 11.6 Å². The van der Waals surface area contributed by atoms with Crippen molar-refractivity contribution in [1.82, 2.24) is 4.98 Å². The van der Waals surface area contributed by atoms with Gasteiger partial charge in [0, 0.05) is 11.8 Å². The van der Waals surface area contributed by atoms with Gasteiger partial charge in [0.2, 0.25) is 0 Å². The number of carbonyl (C=O) groups excluding carboxylic acids is 1. The highest BCUT2D eigenvalue weighted by molar-refractivity contribution is 6.64. The second kappa shape index (κ2) is 6.86. The second-order valence-corrected chi connectivity index (χ2v) is 5.58. The molecular formula is C15H10Cl2F3NO3. The molecule has 2 rings (SSSR count). The van der Waals surface area contributed by atoms with E-state index in [1.54, 1.807) is 0 Å². The third-order valence-electron chi connectivity index (χ3n) is 3.02. The fraction of sp³-hybridized carbons (Fsp3) is 0.200. The fourth-order valence-corrected chi connectivity index (χ4v) is 2.13. The number of halogens is 5. The van der Waals surface area contributed by atoms with E-state index in [1.165, 1.54) is 25.1 Å². The molecule has 0 aliphatic rings. The third kappa shape index (κ3) is 4.10. The molecule has 1 N–H and O–H groups in total. The Hall–Kier alpha value is -1.99. The predicted molar refractivity (Wildman–Crippen MR) is 82.3 cm³/mol. The molecule has 2 aromatic rings. The molecule has 128 valence electrons. The fourth-order valence-electron chi connectivity index (χ4n) is 1.81. The molecule has 1 heterocycles. The van der Waals surface area contributed by atoms with Crippen molar-refractivity contribution >= 4 is 28.4 Å². The Morgan fingerprint density at radius 2 is 2.00 bits per heavy atom. The number of hydrogen-bond donors (Lipinski definition) is 1. The number of nitrogens with zero attached hydrogens (tertiary/aromatic N) is 1. The molecule has 0 bridgehead atoms. The van der Waals surface area contributed by atoms with E-state index < -0.39 is 23.1 Å². The van der Waals surface area contributed by atoms with Crippen molar-refractivity contribution in [2.45, 2.75) is 19.2 Å². The molecule has 0 aliphatic carbocycles. The Kier molecular flexibility index (Phi) is 5.25. The van der Waals surface area contributed by atoms with Gasteiger partial charge in [-0.3, -0.25) is 9.78 Å². The number of alkyl halides is 3. The van der Waals surface area contributed by atoms with Gasteiger partial charge in [0.15, 0.2) is 17.6 Å². The second-order valence-electron chi connectivity index (χ2n) is 4.80. The summed E-state index contributed by atoms with van der Waals surface area (Å²) in [6.45, 7) is 1.40. The minimum atomic E-state index is -4.56. The summed E-state index contributed by atoms with van der Waals surface area (Å²) in [6.07, 6.45) is -4.88. The Balaban J connectivity index is 2.34. The lowest BCUT2D eigenvalue weighted by Crippen LogP contribution is -2.18. The van der Waals surface area contributed by atoms with Crippen LogP contribution in [0.15, 0.2) is 30.5 Å². The number of benzene rings is 1. The van der Waals surface area contributed by atoms with Crippen molar-refractivity contribution in [3.05, 3.63) is 41.0 Å². The SMILES string of the molecule is CC(Oc1ccc(-c2ncc(C(F)(F)F)cc2Cl)cc1O)C(=O)Cl. The highest BCUT2D eigenvalue weighted by Crippen LogP contribution is 2.37. The number of phenolic OH excluding ortho intramolecular Hbond substituents is 1. The molecule has 1 unspecified atom stereocenters. The van der Waals surface area contributed by atoms with Gasteiger partial charge >= 0.3 is 6.18 Å². The van der Waals surface area contributed by atoms with E-state index >= 15 is 0 Å². The van der Waals surface area contributed by atoms with E-state index in [0.717, 1.165) is 6.07 Å². The van der Waals surface area contributed by atoms with E-state index in [1.807, 2.05) is 0 Å². The smallest absolute Gasteiger partial charge is 0.417 e. The zero-order valence-corrected chi connectivity index (χ0v) is 13.6. The number of aromatic nitrogens is 1. The predicted octanol–water partition coefficient (Wildman–Crippen LogP) is 4.66. The summed E-state index contributed by atoms with van der Waals surface area (Å²) < 4.78 is 43.0. The van der Waals surface area contributed by atoms with Crippen molar-refractivity contribution in [3.63, 3.8) is 0 Å². The average Bonchev–Trinajstić information content (AvgIpc) is 2.48. The molecule has 0 aliphatic heterocycles. The minimum Gasteiger partial charge on any atom is -0.504 e. The van der Waals surface area contributed by atoms with Gasteiger partial charge in [0.05, 0.1) is 16.3 Å². The number of aromatic hydroxyl groups is 1. The van der Waals surface area contributed by atoms with Gasteiger partial charge in [-0.15, -0.1) is 0 Å². The Morgan fingerprint density at radius 1 is 1.33 bits per heavy atom. The first kappa shape index (κ1) is 18.4. The topological polar surface area (TPSA) is 59.4 Å². The van der Waals surface area contributed by atoms with Gasteiger partial charge in [0.25, 0.3) is 5.24 Å². The monoisotopic (exact) mass is 379 g/mol. The van der Waals surface area contributed by atoms with Crippen LogP contribution in [0.2, 0.25) is 5.02 Å². The van der Waals surface area contributed by atoms with Gasteiger partial charge in [-0.2, -0.15) is 13.2 Å². The van der Waals surface area contributed by atoms with Gasteiger partial charge in [0.1, 0.15) is 0 Å². The molecule has 0 saturated heterocycles. The molecule has 24 heavy (non-hydrogen) atoms. The van der Waals surface area contributed by atoms with Gasteiger partial charge < -0.3 is 9.84 Å². The zero-order valence-electron chi connectivity index (χ0n) is 12.1. The highest BCUT2D eigenvalue weighted by atomic mass is 35.5. The summed E-state index contributed by atoms with van der Waals surface area (Å²) in [6, 6.07) is 4.72. The molecule has 0 radical (unpaired) electrons. The van der Waals surface area contributed by atoms with Crippen molar-refractivity contribution in [2.24, 2.45) is 0 Å². The lowest BCUT2D eigenvalue weighted by Gasteiger charge is -2.13. The van der Waals surface area contributed by atoms with Gasteiger partial charge in [-0.25, -0.2) is 0 Å². The number of ether oxygens (including phenoxy) is 1. The molecule has 0 amide bonds. The normalized spacial score (nSPS) is 12.8. The zero-order chi connectivity index (χ0) is 18.1. The standard InChI is InChI=1S/C15H10Cl2F3NO3/c1-7(14(17)23)24-12-3-2-8(4-11(12)22)13-10(16)5-9(6-21-13)15(18,19)20/h2-7,22H,1H3. The van der Waals surface area contributed by atoms with Crippen LogP contribution in [0.4, 0.5) is 13.2 Å². The molecule has 1 atom stereocenters. The van der Waals surface area contributed by atoms with Crippen molar-refractivity contribution in [2.75, 3.05) is 0 Å². The first-order valence-corrected chi connectivity index (χ1v) is 7.27. The number of phenols is 1. The van der Waals surface area contributed by atoms with Crippen LogP contribution in [0, 0.1) is 0 Å². The Bertz CT molecular complexity index is 781. The van der Waals surface area contributed by atoms with Crippen LogP contribution in [0.1, 0.15) is 12.5 Å². The van der Waals surface area contributed by atoms with E-state index in [-0.39, 0.29) is 27.8 Å². The minimum absolute atomic E-state index is 0.0108. The molecule has 0 fully saturated rings. The first-order chi connectivity index (χ1) is 11.1. The number of rotatable bonds is 4. The Labute approximate surface area is 144 Å². The molecule has 4 nitrogen and oxygen atoms in total. The summed E-state index contributed by atoms with van der Waals surface area (Å²) in [4.78, 5) is 14.6. The summed E-state index contributed by atoms with van der Waals surface area (Å²) in [5.41, 5.74) is -0.633. The summed E-state index contributed by atoms with van der Waals surface area (Å²) >= 11 is 11.1. The van der Waals surface area contributed by atoms with Crippen LogP contribution in [0.3, 0.4) is 0 Å². The first-order valence-electron chi connectivity index (χ1n) is 6.51. The van der Waals surface area contributed by atoms with Crippen LogP contribution < -0.4 is 4.74 Å². The molecule has 1 aromatic carbocycles. The van der Waals surface area contributed by atoms with E-state index in [9.17, 15) is 23.1 Å². The maximum absolute atomic E-state index is 12.6. The number of hydrogen-bond acceptors (Lipinski definition) is 4. The van der Waals surface area contributed by atoms with Crippen LogP contribution in [0.25, 0.3) is 11.3 Å². The van der Waals surface area contributed by atoms with Crippen molar-refractivity contribution in [1.29, 1.82) is 0 Å². The lowest BCUT2D eigenvalue weighted by atomic mass is 10.1. The van der Waals surface area contributed by atoms with Crippen LogP contribution >= 0.6 is 23.2 Å². The van der Waals surface area contributed by atoms with Crippen LogP contribution in [-0.2, 0) is 11.0 Å². The summed E-state index contributed by atoms with van der Waals surface area (Å²) in [5.74, 6) is -0.349. The maximum atomic E-state index is 12.6. The highest BCUT2D eigenvalue weighted by Gasteiger charge is 2.31. The van der Waals surface area contributed by atoms with Crippen LogP contribution in [0.5, 0.6) is 11.5 Å². The molecule has 1 aromatic heterocycles. The van der Waals surface area contributed by atoms with Crippen molar-refractivity contribution < 1.29 is 27.8 Å². The molecule has 9 heteroatoms. The van der Waals surface area contributed by atoms with Crippen molar-refractivity contribution in [3.8, 4) is 22.8 Å². The largest absolute Gasteiger partial charge is 0.504 e. The van der Waals surface area contributed by atoms with E-state index in [0.29, 0.717) is 6.20 Å². The third-order valence-corrected chi connectivity index (χ3v) is 3.62. The van der Waals surface area contributed by atoms with E-state index in [4.69, 9.17) is 27.9 Å². The average molecular weight is 380 g/mol. The molecular weight excluding hydrogens is 370 g/mol. The molecule has 0 spiro atoms.